The van der Waals surface area contributed by atoms with Crippen molar-refractivity contribution in [1.82, 2.24) is 10.2 Å². The van der Waals surface area contributed by atoms with Crippen LogP contribution >= 0.6 is 0 Å². The maximum atomic E-state index is 11.8. The lowest BCUT2D eigenvalue weighted by Gasteiger charge is -2.07. The van der Waals surface area contributed by atoms with Crippen LogP contribution in [-0.4, -0.2) is 41.1 Å². The number of hydrogen-bond donors (Lipinski definition) is 1. The molecule has 1 heterocycles. The highest BCUT2D eigenvalue weighted by atomic mass is 16.6. The molecular formula is C20H17N3O6. The molecule has 0 unspecified atom stereocenters. The largest absolute Gasteiger partial charge is 0.482 e. The van der Waals surface area contributed by atoms with Gasteiger partial charge in [-0.3, -0.25) is 14.9 Å². The fourth-order valence-corrected chi connectivity index (χ4v) is 2.24. The van der Waals surface area contributed by atoms with E-state index in [0.717, 1.165) is 0 Å². The average molecular weight is 395 g/mol. The Hall–Kier alpha value is -4.01. The van der Waals surface area contributed by atoms with Gasteiger partial charge in [-0.15, -0.1) is 5.10 Å². The van der Waals surface area contributed by atoms with Crippen LogP contribution in [0.3, 0.4) is 0 Å². The van der Waals surface area contributed by atoms with Crippen molar-refractivity contribution in [3.63, 3.8) is 0 Å². The second-order valence-corrected chi connectivity index (χ2v) is 5.86. The Morgan fingerprint density at radius 3 is 2.38 bits per heavy atom. The summed E-state index contributed by atoms with van der Waals surface area (Å²) in [6.07, 6.45) is 0. The van der Waals surface area contributed by atoms with Gasteiger partial charge < -0.3 is 13.9 Å². The molecule has 0 spiro atoms. The van der Waals surface area contributed by atoms with Gasteiger partial charge in [0.1, 0.15) is 5.75 Å². The molecule has 0 bridgehead atoms. The summed E-state index contributed by atoms with van der Waals surface area (Å²) in [6, 6.07) is 15.3. The molecule has 3 rings (SSSR count). The predicted molar refractivity (Wildman–Crippen MR) is 101 cm³/mol. The first-order valence-corrected chi connectivity index (χ1v) is 8.59. The zero-order valence-corrected chi connectivity index (χ0v) is 15.5. The van der Waals surface area contributed by atoms with Crippen molar-refractivity contribution in [2.24, 2.45) is 0 Å². The molecule has 0 radical (unpaired) electrons. The van der Waals surface area contributed by atoms with Crippen LogP contribution in [0.2, 0.25) is 0 Å². The summed E-state index contributed by atoms with van der Waals surface area (Å²) < 4.78 is 15.4. The summed E-state index contributed by atoms with van der Waals surface area (Å²) in [5.74, 6) is -0.782. The van der Waals surface area contributed by atoms with Crippen molar-refractivity contribution < 1.29 is 28.3 Å². The molecule has 0 aliphatic heterocycles. The molecule has 148 valence electrons. The highest BCUT2D eigenvalue weighted by molar-refractivity contribution is 5.94. The summed E-state index contributed by atoms with van der Waals surface area (Å²) in [7, 11) is 0. The number of anilines is 1. The predicted octanol–water partition coefficient (Wildman–Crippen LogP) is 2.50. The number of esters is 1. The van der Waals surface area contributed by atoms with Crippen molar-refractivity contribution in [1.29, 1.82) is 0 Å². The third kappa shape index (κ3) is 5.73. The molecule has 29 heavy (non-hydrogen) atoms. The van der Waals surface area contributed by atoms with Gasteiger partial charge in [-0.05, 0) is 43.3 Å². The lowest BCUT2D eigenvalue weighted by Crippen LogP contribution is -2.23. The Labute approximate surface area is 165 Å². The Kier molecular flexibility index (Phi) is 6.31. The molecule has 9 nitrogen and oxygen atoms in total. The summed E-state index contributed by atoms with van der Waals surface area (Å²) >= 11 is 0. The fraction of sp³-hybridized carbons (Fsp3) is 0.150. The molecule has 0 fully saturated rings. The molecule has 0 aliphatic rings. The van der Waals surface area contributed by atoms with Crippen molar-refractivity contribution >= 4 is 23.7 Å². The number of rotatable bonds is 8. The van der Waals surface area contributed by atoms with Crippen LogP contribution < -0.4 is 10.1 Å². The molecule has 0 saturated carbocycles. The number of ether oxygens (including phenoxy) is 2. The van der Waals surface area contributed by atoms with E-state index in [1.807, 2.05) is 18.2 Å². The standard InChI is InChI=1S/C20H17N3O6/c1-13(24)14-7-9-16(10-8-14)27-12-18(26)28-11-17(25)21-20-23-22-19(29-20)15-5-3-2-4-6-15/h2-10H,11-12H2,1H3,(H,21,23,25). The van der Waals surface area contributed by atoms with E-state index < -0.39 is 18.5 Å². The fourth-order valence-electron chi connectivity index (χ4n) is 2.24. The van der Waals surface area contributed by atoms with Crippen LogP contribution in [0.5, 0.6) is 5.75 Å². The van der Waals surface area contributed by atoms with Gasteiger partial charge in [-0.25, -0.2) is 4.79 Å². The molecule has 0 atom stereocenters. The minimum Gasteiger partial charge on any atom is -0.482 e. The normalized spacial score (nSPS) is 10.2. The molecule has 3 aromatic rings. The number of hydrogen-bond acceptors (Lipinski definition) is 8. The number of Topliss-reactive ketones (excluding diaryl/α,β-unsaturated/α-hetero) is 1. The topological polar surface area (TPSA) is 121 Å². The number of benzene rings is 2. The summed E-state index contributed by atoms with van der Waals surface area (Å²) in [4.78, 5) is 34.8. The average Bonchev–Trinajstić information content (AvgIpc) is 3.20. The minimum atomic E-state index is -0.730. The van der Waals surface area contributed by atoms with Gasteiger partial charge in [-0.2, -0.15) is 0 Å². The van der Waals surface area contributed by atoms with Gasteiger partial charge >= 0.3 is 12.0 Å². The second kappa shape index (κ2) is 9.27. The van der Waals surface area contributed by atoms with Crippen molar-refractivity contribution in [2.45, 2.75) is 6.92 Å². The lowest BCUT2D eigenvalue weighted by atomic mass is 10.1. The van der Waals surface area contributed by atoms with E-state index in [9.17, 15) is 14.4 Å². The SMILES string of the molecule is CC(=O)c1ccc(OCC(=O)OCC(=O)Nc2nnc(-c3ccccc3)o2)cc1. The van der Waals surface area contributed by atoms with Crippen LogP contribution in [0, 0.1) is 0 Å². The van der Waals surface area contributed by atoms with E-state index >= 15 is 0 Å². The van der Waals surface area contributed by atoms with Crippen LogP contribution in [0.15, 0.2) is 59.0 Å². The van der Waals surface area contributed by atoms with Crippen LogP contribution in [0.1, 0.15) is 17.3 Å². The second-order valence-electron chi connectivity index (χ2n) is 5.86. The Bertz CT molecular complexity index is 999. The Morgan fingerprint density at radius 2 is 1.69 bits per heavy atom. The highest BCUT2D eigenvalue weighted by Crippen LogP contribution is 2.19. The summed E-state index contributed by atoms with van der Waals surface area (Å²) in [6.45, 7) is 0.537. The van der Waals surface area contributed by atoms with E-state index in [-0.39, 0.29) is 24.3 Å². The summed E-state index contributed by atoms with van der Waals surface area (Å²) in [5.41, 5.74) is 1.24. The summed E-state index contributed by atoms with van der Waals surface area (Å²) in [5, 5.41) is 9.90. The number of carbonyl (C=O) groups is 3. The molecule has 1 amide bonds. The number of aromatic nitrogens is 2. The van der Waals surface area contributed by atoms with E-state index in [1.165, 1.54) is 6.92 Å². The smallest absolute Gasteiger partial charge is 0.344 e. The highest BCUT2D eigenvalue weighted by Gasteiger charge is 2.13. The van der Waals surface area contributed by atoms with Gasteiger partial charge in [0.15, 0.2) is 19.0 Å². The number of carbonyl (C=O) groups excluding carboxylic acids is 3. The number of nitrogens with one attached hydrogen (secondary N) is 1. The molecular weight excluding hydrogens is 378 g/mol. The van der Waals surface area contributed by atoms with E-state index in [0.29, 0.717) is 16.9 Å². The third-order valence-electron chi connectivity index (χ3n) is 3.67. The van der Waals surface area contributed by atoms with Gasteiger partial charge in [0, 0.05) is 11.1 Å². The van der Waals surface area contributed by atoms with Crippen molar-refractivity contribution in [3.8, 4) is 17.2 Å². The first kappa shape index (κ1) is 19.7. The zero-order chi connectivity index (χ0) is 20.6. The first-order chi connectivity index (χ1) is 14.0. The lowest BCUT2D eigenvalue weighted by molar-refractivity contribution is -0.149. The number of amides is 1. The molecule has 9 heteroatoms. The molecule has 1 aromatic heterocycles. The Morgan fingerprint density at radius 1 is 0.966 bits per heavy atom. The van der Waals surface area contributed by atoms with Crippen LogP contribution in [0.4, 0.5) is 6.01 Å². The zero-order valence-electron chi connectivity index (χ0n) is 15.5. The van der Waals surface area contributed by atoms with Gasteiger partial charge in [-0.1, -0.05) is 23.3 Å². The van der Waals surface area contributed by atoms with E-state index in [4.69, 9.17) is 13.9 Å². The van der Waals surface area contributed by atoms with Gasteiger partial charge in [0.2, 0.25) is 5.89 Å². The van der Waals surface area contributed by atoms with Crippen molar-refractivity contribution in [2.75, 3.05) is 18.5 Å². The van der Waals surface area contributed by atoms with Gasteiger partial charge in [0.05, 0.1) is 0 Å². The maximum Gasteiger partial charge on any atom is 0.344 e. The molecule has 0 saturated heterocycles. The quantitative estimate of drug-likeness (QED) is 0.456. The number of ketones is 1. The first-order valence-electron chi connectivity index (χ1n) is 8.59. The van der Waals surface area contributed by atoms with E-state index in [1.54, 1.807) is 36.4 Å². The van der Waals surface area contributed by atoms with Crippen molar-refractivity contribution in [3.05, 3.63) is 60.2 Å². The number of nitrogens with zero attached hydrogens (tertiary/aromatic N) is 2. The van der Waals surface area contributed by atoms with Crippen LogP contribution in [0.25, 0.3) is 11.5 Å². The van der Waals surface area contributed by atoms with Crippen LogP contribution in [-0.2, 0) is 14.3 Å². The minimum absolute atomic E-state index is 0.0703. The molecule has 2 aromatic carbocycles. The maximum absolute atomic E-state index is 11.8. The molecule has 1 N–H and O–H groups in total. The molecule has 0 aliphatic carbocycles. The monoisotopic (exact) mass is 395 g/mol. The van der Waals surface area contributed by atoms with Gasteiger partial charge in [0.25, 0.3) is 5.91 Å². The van der Waals surface area contributed by atoms with E-state index in [2.05, 4.69) is 15.5 Å². The third-order valence-corrected chi connectivity index (χ3v) is 3.67. The Balaban J connectivity index is 1.41.